The normalized spacial score (nSPS) is 17.7. The molecule has 0 saturated heterocycles. The number of pyridine rings is 1. The van der Waals surface area contributed by atoms with Crippen molar-refractivity contribution < 1.29 is 0 Å². The Bertz CT molecular complexity index is 543. The van der Waals surface area contributed by atoms with Crippen LogP contribution in [0.3, 0.4) is 0 Å². The van der Waals surface area contributed by atoms with Gasteiger partial charge >= 0.3 is 0 Å². The second kappa shape index (κ2) is 4.18. The second-order valence-corrected chi connectivity index (χ2v) is 5.14. The minimum atomic E-state index is 0.497. The average Bonchev–Trinajstić information content (AvgIpc) is 2.74. The highest BCUT2D eigenvalue weighted by molar-refractivity contribution is 6.30. The lowest BCUT2D eigenvalue weighted by atomic mass is 9.89. The summed E-state index contributed by atoms with van der Waals surface area (Å²) in [7, 11) is 0. The quantitative estimate of drug-likeness (QED) is 0.847. The van der Waals surface area contributed by atoms with Crippen molar-refractivity contribution in [2.75, 3.05) is 5.73 Å². The number of halogens is 1. The van der Waals surface area contributed by atoms with Gasteiger partial charge < -0.3 is 5.73 Å². The molecule has 2 aromatic heterocycles. The molecule has 2 aromatic rings. The third kappa shape index (κ3) is 1.86. The molecule has 3 rings (SSSR count). The van der Waals surface area contributed by atoms with Crippen LogP contribution in [0.15, 0.2) is 12.3 Å². The van der Waals surface area contributed by atoms with Crippen LogP contribution in [0, 0.1) is 0 Å². The molecule has 90 valence electrons. The van der Waals surface area contributed by atoms with Crippen molar-refractivity contribution in [2.24, 2.45) is 0 Å². The highest BCUT2D eigenvalue weighted by atomic mass is 35.5. The predicted octanol–water partition coefficient (Wildman–Crippen LogP) is 3.01. The zero-order valence-electron chi connectivity index (χ0n) is 9.56. The fourth-order valence-electron chi connectivity index (χ4n) is 2.64. The molecular formula is C12H15ClN4. The Morgan fingerprint density at radius 1 is 1.24 bits per heavy atom. The lowest BCUT2D eigenvalue weighted by molar-refractivity contribution is 0.426. The van der Waals surface area contributed by atoms with Gasteiger partial charge in [-0.25, -0.2) is 0 Å². The molecule has 0 unspecified atom stereocenters. The molecule has 1 saturated carbocycles. The van der Waals surface area contributed by atoms with Gasteiger partial charge in [-0.3, -0.25) is 4.40 Å². The van der Waals surface area contributed by atoms with Gasteiger partial charge in [-0.2, -0.15) is 0 Å². The van der Waals surface area contributed by atoms with Crippen LogP contribution < -0.4 is 5.73 Å². The van der Waals surface area contributed by atoms with Gasteiger partial charge in [0.2, 0.25) is 0 Å². The topological polar surface area (TPSA) is 56.2 Å². The van der Waals surface area contributed by atoms with Crippen LogP contribution in [0.4, 0.5) is 5.69 Å². The third-order valence-corrected chi connectivity index (χ3v) is 3.70. The van der Waals surface area contributed by atoms with Crippen LogP contribution in [0.2, 0.25) is 5.02 Å². The molecule has 5 heteroatoms. The molecule has 0 aromatic carbocycles. The maximum atomic E-state index is 6.04. The Labute approximate surface area is 105 Å². The summed E-state index contributed by atoms with van der Waals surface area (Å²) >= 11 is 6.04. The number of hydrogen-bond acceptors (Lipinski definition) is 3. The van der Waals surface area contributed by atoms with Gasteiger partial charge in [-0.05, 0) is 18.9 Å². The van der Waals surface area contributed by atoms with Crippen LogP contribution in [0.5, 0.6) is 0 Å². The van der Waals surface area contributed by atoms with Crippen molar-refractivity contribution >= 4 is 22.9 Å². The monoisotopic (exact) mass is 250 g/mol. The Kier molecular flexibility index (Phi) is 2.67. The fraction of sp³-hybridized carbons (Fsp3) is 0.500. The molecule has 0 spiro atoms. The number of fused-ring (bicyclic) bond motifs is 1. The van der Waals surface area contributed by atoms with Gasteiger partial charge in [0.25, 0.3) is 0 Å². The average molecular weight is 251 g/mol. The second-order valence-electron chi connectivity index (χ2n) is 4.70. The summed E-state index contributed by atoms with van der Waals surface area (Å²) in [5, 5.41) is 9.09. The molecule has 0 bridgehead atoms. The van der Waals surface area contributed by atoms with E-state index < -0.39 is 0 Å². The first-order chi connectivity index (χ1) is 8.25. The zero-order valence-corrected chi connectivity index (χ0v) is 10.3. The van der Waals surface area contributed by atoms with E-state index in [1.807, 2.05) is 10.6 Å². The van der Waals surface area contributed by atoms with Crippen molar-refractivity contribution in [3.63, 3.8) is 0 Å². The smallest absolute Gasteiger partial charge is 0.184 e. The van der Waals surface area contributed by atoms with Gasteiger partial charge in [0, 0.05) is 12.1 Å². The van der Waals surface area contributed by atoms with Crippen molar-refractivity contribution in [2.45, 2.75) is 38.0 Å². The number of nitrogens with zero attached hydrogens (tertiary/aromatic N) is 3. The van der Waals surface area contributed by atoms with E-state index in [0.29, 0.717) is 16.6 Å². The molecule has 0 atom stereocenters. The Morgan fingerprint density at radius 3 is 2.76 bits per heavy atom. The van der Waals surface area contributed by atoms with E-state index in [1.54, 1.807) is 6.07 Å². The summed E-state index contributed by atoms with van der Waals surface area (Å²) in [6.45, 7) is 0. The first-order valence-corrected chi connectivity index (χ1v) is 6.43. The molecule has 1 fully saturated rings. The minimum Gasteiger partial charge on any atom is -0.396 e. The summed E-state index contributed by atoms with van der Waals surface area (Å²) < 4.78 is 1.95. The van der Waals surface area contributed by atoms with Crippen LogP contribution in [-0.4, -0.2) is 14.6 Å². The third-order valence-electron chi connectivity index (χ3n) is 3.50. The largest absolute Gasteiger partial charge is 0.396 e. The number of nitrogen functional groups attached to an aromatic ring is 1. The minimum absolute atomic E-state index is 0.497. The molecule has 2 heterocycles. The van der Waals surface area contributed by atoms with Crippen molar-refractivity contribution in [3.8, 4) is 0 Å². The molecule has 4 nitrogen and oxygen atoms in total. The number of hydrogen-bond donors (Lipinski definition) is 1. The van der Waals surface area contributed by atoms with E-state index in [9.17, 15) is 0 Å². The van der Waals surface area contributed by atoms with Crippen molar-refractivity contribution in [3.05, 3.63) is 23.1 Å². The number of nitrogens with two attached hydrogens (primary N) is 1. The molecule has 0 aliphatic heterocycles. The molecule has 2 N–H and O–H groups in total. The number of anilines is 1. The molecule has 17 heavy (non-hydrogen) atoms. The summed E-state index contributed by atoms with van der Waals surface area (Å²) in [5.74, 6) is 1.51. The summed E-state index contributed by atoms with van der Waals surface area (Å²) in [5.41, 5.74) is 7.20. The summed E-state index contributed by atoms with van der Waals surface area (Å²) in [4.78, 5) is 0. The van der Waals surface area contributed by atoms with Gasteiger partial charge in [0.05, 0.1) is 10.7 Å². The van der Waals surface area contributed by atoms with Crippen molar-refractivity contribution in [1.29, 1.82) is 0 Å². The van der Waals surface area contributed by atoms with E-state index >= 15 is 0 Å². The first-order valence-electron chi connectivity index (χ1n) is 6.05. The van der Waals surface area contributed by atoms with E-state index in [4.69, 9.17) is 17.3 Å². The highest BCUT2D eigenvalue weighted by Crippen LogP contribution is 2.32. The van der Waals surface area contributed by atoms with Crippen LogP contribution >= 0.6 is 11.6 Å². The fourth-order valence-corrected chi connectivity index (χ4v) is 2.86. The van der Waals surface area contributed by atoms with Crippen LogP contribution in [0.1, 0.15) is 43.8 Å². The SMILES string of the molecule is Nc1cc(Cl)cn2c(C3CCCCC3)nnc12. The lowest BCUT2D eigenvalue weighted by Gasteiger charge is -2.19. The maximum Gasteiger partial charge on any atom is 0.184 e. The number of rotatable bonds is 1. The molecular weight excluding hydrogens is 236 g/mol. The van der Waals surface area contributed by atoms with E-state index in [1.165, 1.54) is 32.1 Å². The van der Waals surface area contributed by atoms with Crippen molar-refractivity contribution in [1.82, 2.24) is 14.6 Å². The Morgan fingerprint density at radius 2 is 2.00 bits per heavy atom. The highest BCUT2D eigenvalue weighted by Gasteiger charge is 2.21. The summed E-state index contributed by atoms with van der Waals surface area (Å²) in [6, 6.07) is 1.72. The first kappa shape index (κ1) is 10.8. The van der Waals surface area contributed by atoms with E-state index in [0.717, 1.165) is 11.5 Å². The maximum absolute atomic E-state index is 6.04. The molecule has 1 aliphatic carbocycles. The number of aromatic nitrogens is 3. The molecule has 0 radical (unpaired) electrons. The standard InChI is InChI=1S/C12H15ClN4/c13-9-6-10(14)12-16-15-11(17(12)7-9)8-4-2-1-3-5-8/h6-8H,1-5,14H2. The van der Waals surface area contributed by atoms with Gasteiger partial charge in [0.1, 0.15) is 5.82 Å². The van der Waals surface area contributed by atoms with E-state index in [2.05, 4.69) is 10.2 Å². The molecule has 1 aliphatic rings. The van der Waals surface area contributed by atoms with Gasteiger partial charge in [-0.15, -0.1) is 10.2 Å². The van der Waals surface area contributed by atoms with E-state index in [-0.39, 0.29) is 0 Å². The molecule has 0 amide bonds. The van der Waals surface area contributed by atoms with Crippen LogP contribution in [0.25, 0.3) is 5.65 Å². The Balaban J connectivity index is 2.10. The van der Waals surface area contributed by atoms with Crippen LogP contribution in [-0.2, 0) is 0 Å². The lowest BCUT2D eigenvalue weighted by Crippen LogP contribution is -2.08. The van der Waals surface area contributed by atoms with Gasteiger partial charge in [-0.1, -0.05) is 30.9 Å². The zero-order chi connectivity index (χ0) is 11.8. The predicted molar refractivity (Wildman–Crippen MR) is 68.2 cm³/mol. The summed E-state index contributed by atoms with van der Waals surface area (Å²) in [6.07, 6.45) is 8.11. The van der Waals surface area contributed by atoms with Gasteiger partial charge in [0.15, 0.2) is 5.65 Å². The Hall–Kier alpha value is -1.29.